The van der Waals surface area contributed by atoms with Gasteiger partial charge in [0.05, 0.1) is 19.8 Å². The van der Waals surface area contributed by atoms with Crippen molar-refractivity contribution in [3.63, 3.8) is 0 Å². The van der Waals surface area contributed by atoms with E-state index in [9.17, 15) is 9.59 Å². The second kappa shape index (κ2) is 8.92. The molecule has 6 nitrogen and oxygen atoms in total. The van der Waals surface area contributed by atoms with Gasteiger partial charge in [-0.3, -0.25) is 14.5 Å². The zero-order valence-corrected chi connectivity index (χ0v) is 12.7. The molecule has 1 aliphatic heterocycles. The van der Waals surface area contributed by atoms with Crippen molar-refractivity contribution < 1.29 is 19.1 Å². The predicted molar refractivity (Wildman–Crippen MR) is 75.3 cm³/mol. The third-order valence-electron chi connectivity index (χ3n) is 3.28. The number of hydrogen-bond donors (Lipinski definition) is 1. The third kappa shape index (κ3) is 5.88. The Bertz CT molecular complexity index is 320. The van der Waals surface area contributed by atoms with Crippen molar-refractivity contribution >= 4 is 11.9 Å². The van der Waals surface area contributed by atoms with Crippen LogP contribution in [0.3, 0.4) is 0 Å². The number of likely N-dealkylation sites (tertiary alicyclic amines) is 1. The average Bonchev–Trinajstić information content (AvgIpc) is 2.85. The number of ether oxygens (including phenoxy) is 2. The van der Waals surface area contributed by atoms with Gasteiger partial charge < -0.3 is 14.8 Å². The minimum Gasteiger partial charge on any atom is -0.468 e. The predicted octanol–water partition coefficient (Wildman–Crippen LogP) is 0.555. The smallest absolute Gasteiger partial charge is 0.323 e. The fourth-order valence-electron chi connectivity index (χ4n) is 2.28. The zero-order chi connectivity index (χ0) is 15.0. The van der Waals surface area contributed by atoms with Crippen LogP contribution in [-0.4, -0.2) is 62.3 Å². The van der Waals surface area contributed by atoms with Gasteiger partial charge >= 0.3 is 5.97 Å². The second-order valence-corrected chi connectivity index (χ2v) is 5.27. The van der Waals surface area contributed by atoms with E-state index >= 15 is 0 Å². The number of hydrogen-bond acceptors (Lipinski definition) is 5. The van der Waals surface area contributed by atoms with Crippen molar-refractivity contribution in [2.24, 2.45) is 0 Å². The monoisotopic (exact) mass is 286 g/mol. The lowest BCUT2D eigenvalue weighted by atomic mass is 10.2. The van der Waals surface area contributed by atoms with Gasteiger partial charge in [-0.2, -0.15) is 0 Å². The highest BCUT2D eigenvalue weighted by molar-refractivity contribution is 5.80. The van der Waals surface area contributed by atoms with Crippen molar-refractivity contribution in [3.8, 4) is 0 Å². The second-order valence-electron chi connectivity index (χ2n) is 5.27. The van der Waals surface area contributed by atoms with Crippen molar-refractivity contribution in [1.29, 1.82) is 0 Å². The van der Waals surface area contributed by atoms with Gasteiger partial charge in [-0.25, -0.2) is 0 Å². The molecule has 0 aliphatic carbocycles. The molecule has 1 atom stereocenters. The average molecular weight is 286 g/mol. The number of carbonyl (C=O) groups is 2. The molecule has 1 N–H and O–H groups in total. The van der Waals surface area contributed by atoms with Crippen molar-refractivity contribution in [3.05, 3.63) is 0 Å². The maximum Gasteiger partial charge on any atom is 0.323 e. The van der Waals surface area contributed by atoms with E-state index in [1.165, 1.54) is 7.11 Å². The number of methoxy groups -OCH3 is 1. The summed E-state index contributed by atoms with van der Waals surface area (Å²) in [5.41, 5.74) is 0. The molecule has 1 aliphatic rings. The van der Waals surface area contributed by atoms with Crippen LogP contribution in [0.2, 0.25) is 0 Å². The largest absolute Gasteiger partial charge is 0.468 e. The molecule has 0 bridgehead atoms. The normalized spacial score (nSPS) is 19.3. The van der Waals surface area contributed by atoms with Gasteiger partial charge in [-0.05, 0) is 39.7 Å². The van der Waals surface area contributed by atoms with Crippen LogP contribution < -0.4 is 5.32 Å². The molecule has 0 spiro atoms. The molecule has 0 radical (unpaired) electrons. The Balaban J connectivity index is 2.19. The van der Waals surface area contributed by atoms with Crippen LogP contribution in [0.25, 0.3) is 0 Å². The molecule has 0 aromatic rings. The molecule has 1 amide bonds. The molecule has 1 saturated heterocycles. The van der Waals surface area contributed by atoms with Gasteiger partial charge in [0.1, 0.15) is 6.04 Å². The summed E-state index contributed by atoms with van der Waals surface area (Å²) in [5, 5.41) is 2.85. The lowest BCUT2D eigenvalue weighted by Gasteiger charge is -2.21. The molecule has 0 aromatic carbocycles. The van der Waals surface area contributed by atoms with Crippen LogP contribution in [0.1, 0.15) is 33.1 Å². The van der Waals surface area contributed by atoms with Gasteiger partial charge in [-0.1, -0.05) is 0 Å². The molecular formula is C14H26N2O4. The van der Waals surface area contributed by atoms with Crippen LogP contribution in [0.5, 0.6) is 0 Å². The van der Waals surface area contributed by atoms with E-state index in [2.05, 4.69) is 5.32 Å². The van der Waals surface area contributed by atoms with Crippen LogP contribution in [0, 0.1) is 0 Å². The third-order valence-corrected chi connectivity index (χ3v) is 3.28. The SMILES string of the molecule is COC(=O)C1CCCN1CC(=O)NCCCOC(C)C. The summed E-state index contributed by atoms with van der Waals surface area (Å²) in [6, 6.07) is -0.268. The van der Waals surface area contributed by atoms with Crippen molar-refractivity contribution in [2.45, 2.75) is 45.3 Å². The lowest BCUT2D eigenvalue weighted by molar-refractivity contribution is -0.146. The molecule has 1 unspecified atom stereocenters. The van der Waals surface area contributed by atoms with E-state index in [4.69, 9.17) is 9.47 Å². The van der Waals surface area contributed by atoms with Gasteiger partial charge in [-0.15, -0.1) is 0 Å². The Labute approximate surface area is 120 Å². The number of rotatable bonds is 8. The number of amides is 1. The Kier molecular flexibility index (Phi) is 7.54. The van der Waals surface area contributed by atoms with E-state index < -0.39 is 0 Å². The topological polar surface area (TPSA) is 67.9 Å². The molecule has 0 saturated carbocycles. The summed E-state index contributed by atoms with van der Waals surface area (Å²) in [6.07, 6.45) is 2.71. The number of nitrogens with zero attached hydrogens (tertiary/aromatic N) is 1. The maximum atomic E-state index is 11.8. The van der Waals surface area contributed by atoms with E-state index in [-0.39, 0.29) is 30.6 Å². The number of nitrogens with one attached hydrogen (secondary N) is 1. The van der Waals surface area contributed by atoms with Crippen LogP contribution in [0.15, 0.2) is 0 Å². The Morgan fingerprint density at radius 2 is 2.15 bits per heavy atom. The lowest BCUT2D eigenvalue weighted by Crippen LogP contribution is -2.43. The minimum atomic E-state index is -0.268. The van der Waals surface area contributed by atoms with Gasteiger partial charge in [0.15, 0.2) is 0 Å². The van der Waals surface area contributed by atoms with Crippen LogP contribution in [0.4, 0.5) is 0 Å². The molecule has 116 valence electrons. The van der Waals surface area contributed by atoms with E-state index in [0.717, 1.165) is 25.8 Å². The standard InChI is InChI=1S/C14H26N2O4/c1-11(2)20-9-5-7-15-13(17)10-16-8-4-6-12(16)14(18)19-3/h11-12H,4-10H2,1-3H3,(H,15,17). The summed E-state index contributed by atoms with van der Waals surface area (Å²) in [4.78, 5) is 25.2. The highest BCUT2D eigenvalue weighted by Crippen LogP contribution is 2.17. The van der Waals surface area contributed by atoms with Gasteiger partial charge in [0, 0.05) is 13.2 Å². The fraction of sp³-hybridized carbons (Fsp3) is 0.857. The summed E-state index contributed by atoms with van der Waals surface area (Å²) in [6.45, 7) is 6.24. The molecule has 6 heteroatoms. The van der Waals surface area contributed by atoms with Crippen LogP contribution in [-0.2, 0) is 19.1 Å². The first kappa shape index (κ1) is 16.9. The Hall–Kier alpha value is -1.14. The molecule has 20 heavy (non-hydrogen) atoms. The van der Waals surface area contributed by atoms with E-state index in [0.29, 0.717) is 13.2 Å². The van der Waals surface area contributed by atoms with Gasteiger partial charge in [0.2, 0.25) is 5.91 Å². The van der Waals surface area contributed by atoms with Crippen LogP contribution >= 0.6 is 0 Å². The van der Waals surface area contributed by atoms with Crippen molar-refractivity contribution in [1.82, 2.24) is 10.2 Å². The highest BCUT2D eigenvalue weighted by atomic mass is 16.5. The first-order valence-corrected chi connectivity index (χ1v) is 7.24. The molecule has 1 fully saturated rings. The fourth-order valence-corrected chi connectivity index (χ4v) is 2.28. The first-order chi connectivity index (χ1) is 9.54. The van der Waals surface area contributed by atoms with Gasteiger partial charge in [0.25, 0.3) is 0 Å². The Morgan fingerprint density at radius 3 is 2.80 bits per heavy atom. The zero-order valence-electron chi connectivity index (χ0n) is 12.7. The molecule has 1 heterocycles. The summed E-state index contributed by atoms with van der Waals surface area (Å²) in [5.74, 6) is -0.300. The van der Waals surface area contributed by atoms with E-state index in [1.54, 1.807) is 0 Å². The summed E-state index contributed by atoms with van der Waals surface area (Å²) >= 11 is 0. The number of esters is 1. The number of carbonyl (C=O) groups excluding carboxylic acids is 2. The maximum absolute atomic E-state index is 11.8. The minimum absolute atomic E-state index is 0.0506. The Morgan fingerprint density at radius 1 is 1.40 bits per heavy atom. The summed E-state index contributed by atoms with van der Waals surface area (Å²) < 4.78 is 10.1. The summed E-state index contributed by atoms with van der Waals surface area (Å²) in [7, 11) is 1.38. The quantitative estimate of drug-likeness (QED) is 0.521. The highest BCUT2D eigenvalue weighted by Gasteiger charge is 2.32. The van der Waals surface area contributed by atoms with E-state index in [1.807, 2.05) is 18.7 Å². The first-order valence-electron chi connectivity index (χ1n) is 7.24. The molecular weight excluding hydrogens is 260 g/mol. The molecule has 1 rings (SSSR count). The molecule has 0 aromatic heterocycles. The van der Waals surface area contributed by atoms with Crippen molar-refractivity contribution in [2.75, 3.05) is 33.4 Å².